The zero-order valence-electron chi connectivity index (χ0n) is 22.9. The minimum absolute atomic E-state index is 0.00470. The molecule has 3 N–H and O–H groups in total. The van der Waals surface area contributed by atoms with E-state index in [2.05, 4.69) is 21.1 Å². The van der Waals surface area contributed by atoms with Crippen LogP contribution in [0.15, 0.2) is 59.8 Å². The van der Waals surface area contributed by atoms with Crippen LogP contribution in [0.1, 0.15) is 41.3 Å². The number of nitrogens with two attached hydrogens (primary N) is 1. The molecule has 0 saturated heterocycles. The molecule has 2 aromatic carbocycles. The van der Waals surface area contributed by atoms with Gasteiger partial charge in [0, 0.05) is 36.4 Å². The first-order chi connectivity index (χ1) is 20.4. The number of nitrogens with zero attached hydrogens (tertiary/aromatic N) is 7. The zero-order valence-corrected chi connectivity index (χ0v) is 22.9. The lowest BCUT2D eigenvalue weighted by Crippen LogP contribution is -2.42. The monoisotopic (exact) mass is 567 g/mol. The maximum Gasteiger partial charge on any atom is 0.265 e. The number of pyridine rings is 1. The van der Waals surface area contributed by atoms with Crippen molar-refractivity contribution in [2.24, 2.45) is 0 Å². The number of anilines is 1. The van der Waals surface area contributed by atoms with Crippen LogP contribution in [-0.4, -0.2) is 43.0 Å². The predicted octanol–water partition coefficient (Wildman–Crippen LogP) is 2.59. The van der Waals surface area contributed by atoms with Crippen molar-refractivity contribution in [2.45, 2.75) is 38.3 Å². The van der Waals surface area contributed by atoms with E-state index in [1.807, 2.05) is 6.07 Å². The third kappa shape index (κ3) is 5.11. The Morgan fingerprint density at radius 2 is 2.07 bits per heavy atom. The molecule has 11 nitrogen and oxygen atoms in total. The molecule has 1 aliphatic carbocycles. The molecule has 0 bridgehead atoms. The summed E-state index contributed by atoms with van der Waals surface area (Å²) in [6.45, 7) is 0.485. The van der Waals surface area contributed by atoms with Crippen molar-refractivity contribution in [3.8, 4) is 23.3 Å². The summed E-state index contributed by atoms with van der Waals surface area (Å²) < 4.78 is 24.7. The van der Waals surface area contributed by atoms with E-state index in [0.29, 0.717) is 47.1 Å². The number of aliphatic hydroxyl groups is 1. The Morgan fingerprint density at radius 1 is 1.24 bits per heavy atom. The average Bonchev–Trinajstić information content (AvgIpc) is 3.76. The number of hydrogen-bond donors (Lipinski definition) is 2. The maximum atomic E-state index is 15.2. The van der Waals surface area contributed by atoms with Gasteiger partial charge in [0.15, 0.2) is 12.4 Å². The molecule has 1 fully saturated rings. The average molecular weight is 568 g/mol. The number of aromatic nitrogens is 6. The van der Waals surface area contributed by atoms with Gasteiger partial charge in [0.1, 0.15) is 18.2 Å². The van der Waals surface area contributed by atoms with Gasteiger partial charge in [-0.3, -0.25) is 9.36 Å². The number of nitrogen functional groups attached to an aromatic ring is 1. The molecule has 3 aromatic heterocycles. The predicted molar refractivity (Wildman–Crippen MR) is 151 cm³/mol. The number of nitriles is 1. The van der Waals surface area contributed by atoms with Crippen LogP contribution < -0.4 is 16.0 Å². The fraction of sp³-hybridized carbons (Fsp3) is 0.267. The van der Waals surface area contributed by atoms with Crippen molar-refractivity contribution in [3.05, 3.63) is 93.7 Å². The molecule has 1 aliphatic rings. The number of fused-ring (bicyclic) bond motifs is 1. The van der Waals surface area contributed by atoms with Crippen molar-refractivity contribution in [1.82, 2.24) is 24.2 Å². The van der Waals surface area contributed by atoms with Gasteiger partial charge in [0.05, 0.1) is 23.9 Å². The highest BCUT2D eigenvalue weighted by Gasteiger charge is 2.25. The molecule has 0 aliphatic heterocycles. The van der Waals surface area contributed by atoms with Crippen LogP contribution in [0.2, 0.25) is 0 Å². The SMILES string of the molecule is COCC[n+]1cc(Cc2nc(N)nc(-c3cccc(-n4ccc5cc(C6CC6)cc(F)c5c4=O)c3CO)n2)cn1C#N. The fourth-order valence-corrected chi connectivity index (χ4v) is 5.24. The highest BCUT2D eigenvalue weighted by atomic mass is 19.1. The number of methoxy groups -OCH3 is 1. The molecule has 212 valence electrons. The van der Waals surface area contributed by atoms with Crippen LogP contribution in [0, 0.1) is 17.3 Å². The van der Waals surface area contributed by atoms with E-state index in [1.165, 1.54) is 15.3 Å². The van der Waals surface area contributed by atoms with Gasteiger partial charge in [-0.1, -0.05) is 27.6 Å². The van der Waals surface area contributed by atoms with E-state index in [4.69, 9.17) is 10.5 Å². The largest absolute Gasteiger partial charge is 0.392 e. The summed E-state index contributed by atoms with van der Waals surface area (Å²) in [6.07, 6.45) is 9.48. The van der Waals surface area contributed by atoms with Gasteiger partial charge in [-0.2, -0.15) is 15.2 Å². The Balaban J connectivity index is 1.39. The maximum absolute atomic E-state index is 15.2. The Kier molecular flexibility index (Phi) is 7.20. The van der Waals surface area contributed by atoms with Crippen molar-refractivity contribution in [2.75, 3.05) is 19.5 Å². The highest BCUT2D eigenvalue weighted by Crippen LogP contribution is 2.41. The van der Waals surface area contributed by atoms with E-state index in [1.54, 1.807) is 54.6 Å². The van der Waals surface area contributed by atoms with Gasteiger partial charge in [-0.25, -0.2) is 9.37 Å². The number of benzene rings is 2. The first kappa shape index (κ1) is 27.2. The molecule has 0 amide bonds. The molecule has 6 rings (SSSR count). The second-order valence-electron chi connectivity index (χ2n) is 10.2. The summed E-state index contributed by atoms with van der Waals surface area (Å²) >= 11 is 0. The normalized spacial score (nSPS) is 13.0. The quantitative estimate of drug-likeness (QED) is 0.258. The molecule has 5 aromatic rings. The van der Waals surface area contributed by atoms with Crippen molar-refractivity contribution >= 4 is 16.7 Å². The Morgan fingerprint density at radius 3 is 2.81 bits per heavy atom. The standard InChI is InChI=1S/C30H28FN8O3/c1-42-10-9-37-14-18(15-38(37)17-32)11-26-34-28(36-30(33)35-26)22-3-2-4-25(23(22)16-40)39-8-7-20-12-21(19-5-6-19)13-24(31)27(20)29(39)41/h2-4,7-8,12-15,19,40H,5-6,9-11,16H2,1H3,(H2,33,34,35,36)/q+1. The van der Waals surface area contributed by atoms with Gasteiger partial charge < -0.3 is 15.6 Å². The summed E-state index contributed by atoms with van der Waals surface area (Å²) in [5.41, 5.74) is 8.41. The molecule has 42 heavy (non-hydrogen) atoms. The highest BCUT2D eigenvalue weighted by molar-refractivity contribution is 5.83. The van der Waals surface area contributed by atoms with E-state index < -0.39 is 18.0 Å². The smallest absolute Gasteiger partial charge is 0.265 e. The Labute approximate surface area is 239 Å². The van der Waals surface area contributed by atoms with Crippen LogP contribution in [-0.2, 0) is 24.3 Å². The summed E-state index contributed by atoms with van der Waals surface area (Å²) in [4.78, 5) is 26.7. The van der Waals surface area contributed by atoms with Crippen molar-refractivity contribution < 1.29 is 18.9 Å². The molecule has 0 unspecified atom stereocenters. The third-order valence-electron chi connectivity index (χ3n) is 7.41. The summed E-state index contributed by atoms with van der Waals surface area (Å²) in [7, 11) is 1.59. The van der Waals surface area contributed by atoms with E-state index in [0.717, 1.165) is 24.0 Å². The minimum Gasteiger partial charge on any atom is -0.392 e. The lowest BCUT2D eigenvalue weighted by atomic mass is 10.0. The summed E-state index contributed by atoms with van der Waals surface area (Å²) in [6, 6.07) is 10.1. The zero-order chi connectivity index (χ0) is 29.4. The lowest BCUT2D eigenvalue weighted by Gasteiger charge is -2.15. The number of rotatable bonds is 9. The summed E-state index contributed by atoms with van der Waals surface area (Å²) in [5.74, 6) is 0.345. The first-order valence-electron chi connectivity index (χ1n) is 13.5. The molecule has 3 heterocycles. The number of aliphatic hydroxyl groups excluding tert-OH is 1. The summed E-state index contributed by atoms with van der Waals surface area (Å²) in [5, 5.41) is 20.5. The lowest BCUT2D eigenvalue weighted by molar-refractivity contribution is -0.766. The Hall–Kier alpha value is -4.99. The van der Waals surface area contributed by atoms with Crippen LogP contribution in [0.3, 0.4) is 0 Å². The fourth-order valence-electron chi connectivity index (χ4n) is 5.24. The molecule has 1 saturated carbocycles. The van der Waals surface area contributed by atoms with Crippen LogP contribution in [0.25, 0.3) is 27.8 Å². The molecule has 0 spiro atoms. The first-order valence-corrected chi connectivity index (χ1v) is 13.5. The number of hydrogen-bond acceptors (Lipinski definition) is 8. The molecule has 12 heteroatoms. The number of halogens is 1. The second kappa shape index (κ2) is 11.1. The molecular formula is C30H28FN8O3+. The van der Waals surface area contributed by atoms with Gasteiger partial charge in [0.25, 0.3) is 5.56 Å². The molecular weight excluding hydrogens is 539 g/mol. The van der Waals surface area contributed by atoms with Gasteiger partial charge >= 0.3 is 0 Å². The Bertz CT molecular complexity index is 1920. The second-order valence-corrected chi connectivity index (χ2v) is 10.2. The molecule has 0 radical (unpaired) electrons. The van der Waals surface area contributed by atoms with Crippen molar-refractivity contribution in [1.29, 1.82) is 5.26 Å². The van der Waals surface area contributed by atoms with Gasteiger partial charge in [-0.15, -0.1) is 0 Å². The minimum atomic E-state index is -0.556. The van der Waals surface area contributed by atoms with Gasteiger partial charge in [0.2, 0.25) is 18.3 Å². The third-order valence-corrected chi connectivity index (χ3v) is 7.41. The number of ether oxygens (including phenoxy) is 1. The van der Waals surface area contributed by atoms with E-state index >= 15 is 4.39 Å². The topological polar surface area (TPSA) is 149 Å². The van der Waals surface area contributed by atoms with Gasteiger partial charge in [-0.05, 0) is 47.9 Å². The van der Waals surface area contributed by atoms with Crippen molar-refractivity contribution in [3.63, 3.8) is 0 Å². The molecule has 0 atom stereocenters. The van der Waals surface area contributed by atoms with E-state index in [9.17, 15) is 15.2 Å². The van der Waals surface area contributed by atoms with Crippen LogP contribution in [0.5, 0.6) is 0 Å². The van der Waals surface area contributed by atoms with Crippen LogP contribution >= 0.6 is 0 Å². The van der Waals surface area contributed by atoms with Crippen LogP contribution in [0.4, 0.5) is 10.3 Å². The van der Waals surface area contributed by atoms with E-state index in [-0.39, 0.29) is 23.6 Å².